The molecule has 20 heavy (non-hydrogen) atoms. The molecule has 0 saturated carbocycles. The molecule has 0 unspecified atom stereocenters. The first-order valence-corrected chi connectivity index (χ1v) is 7.61. The van der Waals surface area contributed by atoms with E-state index < -0.39 is 0 Å². The van der Waals surface area contributed by atoms with Crippen molar-refractivity contribution < 1.29 is 4.42 Å². The minimum absolute atomic E-state index is 0.611. The van der Waals surface area contributed by atoms with Crippen LogP contribution in [0.4, 0.5) is 5.82 Å². The van der Waals surface area contributed by atoms with Gasteiger partial charge >= 0.3 is 0 Å². The van der Waals surface area contributed by atoms with Crippen LogP contribution in [-0.4, -0.2) is 16.5 Å². The zero-order chi connectivity index (χ0) is 13.9. The van der Waals surface area contributed by atoms with Crippen molar-refractivity contribution in [1.29, 1.82) is 0 Å². The fourth-order valence-electron chi connectivity index (χ4n) is 1.95. The molecule has 2 aromatic heterocycles. The maximum absolute atomic E-state index is 5.80. The van der Waals surface area contributed by atoms with Gasteiger partial charge < -0.3 is 9.73 Å². The Morgan fingerprint density at radius 1 is 1.30 bits per heavy atom. The summed E-state index contributed by atoms with van der Waals surface area (Å²) in [5.41, 5.74) is 0.854. The lowest BCUT2D eigenvalue weighted by Gasteiger charge is -2.06. The highest BCUT2D eigenvalue weighted by Crippen LogP contribution is 2.27. The van der Waals surface area contributed by atoms with Gasteiger partial charge in [-0.3, -0.25) is 0 Å². The number of hydrogen-bond donors (Lipinski definition) is 1. The molecule has 2 heterocycles. The van der Waals surface area contributed by atoms with Crippen LogP contribution in [0.15, 0.2) is 40.9 Å². The predicted octanol–water partition coefficient (Wildman–Crippen LogP) is 4.32. The first kappa shape index (κ1) is 13.4. The summed E-state index contributed by atoms with van der Waals surface area (Å²) in [6, 6.07) is 9.89. The highest BCUT2D eigenvalue weighted by molar-refractivity contribution is 14.1. The van der Waals surface area contributed by atoms with Gasteiger partial charge in [-0.05, 0) is 41.1 Å². The molecule has 0 fully saturated rings. The van der Waals surface area contributed by atoms with Crippen LogP contribution in [0.5, 0.6) is 0 Å². The van der Waals surface area contributed by atoms with Crippen LogP contribution >= 0.6 is 22.6 Å². The van der Waals surface area contributed by atoms with E-state index in [4.69, 9.17) is 4.42 Å². The zero-order valence-electron chi connectivity index (χ0n) is 11.1. The molecule has 5 heteroatoms. The number of benzene rings is 1. The molecule has 0 atom stereocenters. The van der Waals surface area contributed by atoms with Crippen molar-refractivity contribution in [3.05, 3.63) is 40.1 Å². The minimum Gasteiger partial charge on any atom is -0.453 e. The second-order valence-corrected chi connectivity index (χ2v) is 5.63. The average Bonchev–Trinajstić information content (AvgIpc) is 2.90. The second-order valence-electron chi connectivity index (χ2n) is 4.47. The maximum Gasteiger partial charge on any atom is 0.197 e. The second kappa shape index (κ2) is 5.78. The van der Waals surface area contributed by atoms with Crippen molar-refractivity contribution in [1.82, 2.24) is 9.97 Å². The van der Waals surface area contributed by atoms with Gasteiger partial charge in [-0.2, -0.15) is 0 Å². The summed E-state index contributed by atoms with van der Waals surface area (Å²) in [4.78, 5) is 8.91. The van der Waals surface area contributed by atoms with Gasteiger partial charge in [-0.1, -0.05) is 25.1 Å². The van der Waals surface area contributed by atoms with E-state index in [0.29, 0.717) is 11.6 Å². The van der Waals surface area contributed by atoms with Crippen molar-refractivity contribution in [2.24, 2.45) is 0 Å². The number of aromatic nitrogens is 2. The first-order valence-electron chi connectivity index (χ1n) is 6.53. The summed E-state index contributed by atoms with van der Waals surface area (Å²) in [5, 5.41) is 4.37. The zero-order valence-corrected chi connectivity index (χ0v) is 13.2. The molecule has 1 aromatic carbocycles. The molecule has 0 spiro atoms. The molecule has 4 nitrogen and oxygen atoms in total. The lowest BCUT2D eigenvalue weighted by atomic mass is 10.2. The highest BCUT2D eigenvalue weighted by atomic mass is 127. The summed E-state index contributed by atoms with van der Waals surface area (Å²) < 4.78 is 6.81. The largest absolute Gasteiger partial charge is 0.453 e. The summed E-state index contributed by atoms with van der Waals surface area (Å²) in [6.07, 6.45) is 2.87. The van der Waals surface area contributed by atoms with Crippen LogP contribution in [0.25, 0.3) is 22.6 Å². The third-order valence-corrected chi connectivity index (χ3v) is 3.72. The number of nitrogens with one attached hydrogen (secondary N) is 1. The molecule has 0 aliphatic rings. The minimum atomic E-state index is 0.611. The number of fused-ring (bicyclic) bond motifs is 1. The number of para-hydroxylation sites is 1. The van der Waals surface area contributed by atoms with Gasteiger partial charge in [0.15, 0.2) is 11.6 Å². The van der Waals surface area contributed by atoms with Crippen LogP contribution in [0.3, 0.4) is 0 Å². The van der Waals surface area contributed by atoms with Gasteiger partial charge in [0.2, 0.25) is 0 Å². The quantitative estimate of drug-likeness (QED) is 0.687. The lowest BCUT2D eigenvalue weighted by Crippen LogP contribution is -2.05. The molecular formula is C15H14IN3O. The Bertz CT molecular complexity index is 706. The third-order valence-electron chi connectivity index (χ3n) is 2.93. The number of anilines is 1. The van der Waals surface area contributed by atoms with Gasteiger partial charge in [0.05, 0.1) is 3.57 Å². The summed E-state index contributed by atoms with van der Waals surface area (Å²) in [6.45, 7) is 3.02. The number of rotatable bonds is 4. The van der Waals surface area contributed by atoms with E-state index in [-0.39, 0.29) is 0 Å². The van der Waals surface area contributed by atoms with Gasteiger partial charge in [0.1, 0.15) is 11.4 Å². The van der Waals surface area contributed by atoms with Crippen molar-refractivity contribution in [2.75, 3.05) is 11.9 Å². The molecule has 0 saturated heterocycles. The molecule has 0 aliphatic heterocycles. The maximum atomic E-state index is 5.80. The Hall–Kier alpha value is -1.63. The summed E-state index contributed by atoms with van der Waals surface area (Å²) in [5.74, 6) is 2.17. The summed E-state index contributed by atoms with van der Waals surface area (Å²) in [7, 11) is 0. The van der Waals surface area contributed by atoms with Crippen molar-refractivity contribution in [3.63, 3.8) is 0 Å². The first-order chi connectivity index (χ1) is 9.78. The molecule has 0 radical (unpaired) electrons. The van der Waals surface area contributed by atoms with Crippen molar-refractivity contribution in [2.45, 2.75) is 13.3 Å². The number of halogens is 1. The normalized spacial score (nSPS) is 10.9. The Labute approximate surface area is 130 Å². The molecule has 3 rings (SSSR count). The average molecular weight is 379 g/mol. The Kier molecular flexibility index (Phi) is 3.86. The van der Waals surface area contributed by atoms with E-state index in [1.54, 1.807) is 0 Å². The van der Waals surface area contributed by atoms with Gasteiger partial charge in [-0.15, -0.1) is 0 Å². The van der Waals surface area contributed by atoms with E-state index in [1.165, 1.54) is 0 Å². The third kappa shape index (κ3) is 2.63. The Morgan fingerprint density at radius 2 is 2.15 bits per heavy atom. The SMILES string of the molecule is CCCNc1nc(-c2cc3ccccc3o2)ncc1I. The number of furan rings is 1. The monoisotopic (exact) mass is 379 g/mol. The summed E-state index contributed by atoms with van der Waals surface area (Å²) >= 11 is 2.23. The van der Waals surface area contributed by atoms with E-state index in [1.807, 2.05) is 36.5 Å². The Morgan fingerprint density at radius 3 is 2.95 bits per heavy atom. The molecule has 1 N–H and O–H groups in total. The van der Waals surface area contributed by atoms with Crippen LogP contribution in [0, 0.1) is 3.57 Å². The molecule has 102 valence electrons. The van der Waals surface area contributed by atoms with E-state index in [2.05, 4.69) is 44.8 Å². The lowest BCUT2D eigenvalue weighted by molar-refractivity contribution is 0.625. The fourth-order valence-corrected chi connectivity index (χ4v) is 2.40. The Balaban J connectivity index is 2.00. The fraction of sp³-hybridized carbons (Fsp3) is 0.200. The van der Waals surface area contributed by atoms with Gasteiger partial charge in [0.25, 0.3) is 0 Å². The van der Waals surface area contributed by atoms with Crippen LogP contribution < -0.4 is 5.32 Å². The van der Waals surface area contributed by atoms with Crippen molar-refractivity contribution >= 4 is 39.4 Å². The van der Waals surface area contributed by atoms with Crippen LogP contribution in [0.1, 0.15) is 13.3 Å². The van der Waals surface area contributed by atoms with Gasteiger partial charge in [0, 0.05) is 18.1 Å². The standard InChI is InChI=1S/C15H14IN3O/c1-2-7-17-14-11(16)9-18-15(19-14)13-8-10-5-3-4-6-12(10)20-13/h3-6,8-9H,2,7H2,1H3,(H,17,18,19). The van der Waals surface area contributed by atoms with Crippen LogP contribution in [0.2, 0.25) is 0 Å². The van der Waals surface area contributed by atoms with Crippen molar-refractivity contribution in [3.8, 4) is 11.6 Å². The molecular weight excluding hydrogens is 365 g/mol. The van der Waals surface area contributed by atoms with E-state index in [0.717, 1.165) is 33.3 Å². The highest BCUT2D eigenvalue weighted by Gasteiger charge is 2.11. The van der Waals surface area contributed by atoms with E-state index in [9.17, 15) is 0 Å². The van der Waals surface area contributed by atoms with E-state index >= 15 is 0 Å². The molecule has 0 aliphatic carbocycles. The number of hydrogen-bond acceptors (Lipinski definition) is 4. The predicted molar refractivity (Wildman–Crippen MR) is 88.7 cm³/mol. The topological polar surface area (TPSA) is 51.0 Å². The smallest absolute Gasteiger partial charge is 0.197 e. The molecule has 0 bridgehead atoms. The van der Waals surface area contributed by atoms with Crippen LogP contribution in [-0.2, 0) is 0 Å². The number of nitrogens with zero attached hydrogens (tertiary/aromatic N) is 2. The van der Waals surface area contributed by atoms with Gasteiger partial charge in [-0.25, -0.2) is 9.97 Å². The molecule has 0 amide bonds. The molecule has 3 aromatic rings.